The number of anilines is 3. The Hall–Kier alpha value is -3.24. The minimum Gasteiger partial charge on any atom is -0.474 e. The van der Waals surface area contributed by atoms with Crippen molar-refractivity contribution in [2.24, 2.45) is 0 Å². The number of aromatic nitrogens is 2. The lowest BCUT2D eigenvalue weighted by atomic mass is 10.1. The summed E-state index contributed by atoms with van der Waals surface area (Å²) in [6.45, 7) is 3.67. The number of thiophene rings is 1. The molecule has 10 heteroatoms. The van der Waals surface area contributed by atoms with Gasteiger partial charge in [-0.05, 0) is 63.6 Å². The zero-order valence-electron chi connectivity index (χ0n) is 19.6. The maximum absolute atomic E-state index is 13.4. The van der Waals surface area contributed by atoms with E-state index >= 15 is 0 Å². The molecular formula is C25H28N6O3S. The van der Waals surface area contributed by atoms with Gasteiger partial charge in [0.2, 0.25) is 5.88 Å². The molecule has 1 saturated heterocycles. The summed E-state index contributed by atoms with van der Waals surface area (Å²) in [7, 11) is 0. The van der Waals surface area contributed by atoms with Crippen molar-refractivity contribution in [2.45, 2.75) is 57.6 Å². The number of urea groups is 1. The van der Waals surface area contributed by atoms with Crippen molar-refractivity contribution < 1.29 is 14.3 Å². The first-order valence-electron chi connectivity index (χ1n) is 12.3. The summed E-state index contributed by atoms with van der Waals surface area (Å²) in [5.41, 5.74) is 2.78. The van der Waals surface area contributed by atoms with E-state index in [0.29, 0.717) is 32.6 Å². The number of nitrogens with one attached hydrogen (secondary N) is 3. The normalized spacial score (nSPS) is 20.2. The molecule has 0 bridgehead atoms. The van der Waals surface area contributed by atoms with E-state index < -0.39 is 0 Å². The minimum atomic E-state index is -0.328. The largest absolute Gasteiger partial charge is 0.474 e. The highest BCUT2D eigenvalue weighted by Gasteiger charge is 2.34. The molecule has 1 atom stereocenters. The Labute approximate surface area is 207 Å². The number of rotatable bonds is 5. The van der Waals surface area contributed by atoms with E-state index in [4.69, 9.17) is 4.74 Å². The highest BCUT2D eigenvalue weighted by Crippen LogP contribution is 2.46. The Morgan fingerprint density at radius 2 is 2.06 bits per heavy atom. The Bertz CT molecular complexity index is 1300. The number of hydrogen-bond acceptors (Lipinski definition) is 7. The molecule has 3 aliphatic rings. The second-order valence-electron chi connectivity index (χ2n) is 9.43. The topological polar surface area (TPSA) is 108 Å². The second-order valence-corrected chi connectivity index (χ2v) is 10.4. The van der Waals surface area contributed by atoms with Crippen LogP contribution in [0.25, 0.3) is 10.2 Å². The maximum Gasteiger partial charge on any atom is 0.331 e. The first-order valence-corrected chi connectivity index (χ1v) is 13.1. The van der Waals surface area contributed by atoms with Crippen LogP contribution in [0.15, 0.2) is 24.5 Å². The van der Waals surface area contributed by atoms with E-state index in [1.165, 1.54) is 24.2 Å². The Morgan fingerprint density at radius 1 is 1.20 bits per heavy atom. The number of amides is 3. The first kappa shape index (κ1) is 22.2. The summed E-state index contributed by atoms with van der Waals surface area (Å²) in [5.74, 6) is 0.408. The van der Waals surface area contributed by atoms with Gasteiger partial charge >= 0.3 is 6.03 Å². The predicted octanol–water partition coefficient (Wildman–Crippen LogP) is 4.49. The molecule has 9 nitrogen and oxygen atoms in total. The van der Waals surface area contributed by atoms with E-state index in [2.05, 4.69) is 25.9 Å². The molecule has 1 saturated carbocycles. The zero-order chi connectivity index (χ0) is 23.9. The molecule has 3 N–H and O–H groups in total. The van der Waals surface area contributed by atoms with Gasteiger partial charge in [-0.2, -0.15) is 0 Å². The van der Waals surface area contributed by atoms with E-state index in [-0.39, 0.29) is 24.1 Å². The van der Waals surface area contributed by atoms with Gasteiger partial charge in [0.1, 0.15) is 15.8 Å². The van der Waals surface area contributed by atoms with Crippen molar-refractivity contribution in [1.29, 1.82) is 0 Å². The fourth-order valence-electron chi connectivity index (χ4n) is 5.21. The van der Waals surface area contributed by atoms with Crippen LogP contribution < -0.4 is 25.6 Å². The number of carbonyl (C=O) groups is 2. The van der Waals surface area contributed by atoms with Gasteiger partial charge in [0, 0.05) is 24.8 Å². The Balaban J connectivity index is 1.33. The SMILES string of the molecule is Cc1cc(OC2CCCC2)ncc1N1C(=O)Nc2c(C(=O)N[C@@H]3CCCNC3)sc3nccc1c23. The lowest BCUT2D eigenvalue weighted by Crippen LogP contribution is -2.45. The van der Waals surface area contributed by atoms with Gasteiger partial charge in [-0.15, -0.1) is 11.3 Å². The van der Waals surface area contributed by atoms with Gasteiger partial charge < -0.3 is 20.7 Å². The number of ether oxygens (including phenoxy) is 1. The number of hydrogen-bond donors (Lipinski definition) is 3. The number of carbonyl (C=O) groups excluding carboxylic acids is 2. The third-order valence-electron chi connectivity index (χ3n) is 6.97. The van der Waals surface area contributed by atoms with E-state index in [9.17, 15) is 9.59 Å². The molecule has 0 unspecified atom stereocenters. The molecule has 35 heavy (non-hydrogen) atoms. The van der Waals surface area contributed by atoms with Crippen molar-refractivity contribution in [3.63, 3.8) is 0 Å². The quantitative estimate of drug-likeness (QED) is 0.484. The highest BCUT2D eigenvalue weighted by atomic mass is 32.1. The van der Waals surface area contributed by atoms with Gasteiger partial charge in [0.15, 0.2) is 0 Å². The summed E-state index contributed by atoms with van der Waals surface area (Å²) in [6, 6.07) is 3.45. The standard InChI is InChI=1S/C25H28N6O3S/c1-14-11-19(34-16-6-2-3-7-16)28-13-18(14)31-17-8-10-27-24-20(17)21(30-25(31)33)22(35-24)23(32)29-15-5-4-9-26-12-15/h8,10-11,13,15-16,26H,2-7,9,12H2,1H3,(H,29,32)(H,30,33)/t15-/m1/s1. The van der Waals surface area contributed by atoms with Crippen LogP contribution in [0.1, 0.15) is 53.8 Å². The van der Waals surface area contributed by atoms with Crippen LogP contribution in [-0.2, 0) is 0 Å². The fourth-order valence-corrected chi connectivity index (χ4v) is 6.23. The average Bonchev–Trinajstić information content (AvgIpc) is 3.50. The zero-order valence-corrected chi connectivity index (χ0v) is 20.4. The number of piperidine rings is 1. The first-order chi connectivity index (χ1) is 17.1. The predicted molar refractivity (Wildman–Crippen MR) is 136 cm³/mol. The summed E-state index contributed by atoms with van der Waals surface area (Å²) >= 11 is 1.30. The summed E-state index contributed by atoms with van der Waals surface area (Å²) in [5, 5.41) is 10.2. The van der Waals surface area contributed by atoms with Crippen LogP contribution >= 0.6 is 11.3 Å². The molecular weight excluding hydrogens is 464 g/mol. The molecule has 5 heterocycles. The molecule has 182 valence electrons. The number of aryl methyl sites for hydroxylation is 1. The lowest BCUT2D eigenvalue weighted by molar-refractivity contribution is 0.0935. The smallest absolute Gasteiger partial charge is 0.331 e. The van der Waals surface area contributed by atoms with Crippen molar-refractivity contribution in [3.05, 3.63) is 35.0 Å². The third kappa shape index (κ3) is 4.10. The highest BCUT2D eigenvalue weighted by molar-refractivity contribution is 7.21. The van der Waals surface area contributed by atoms with E-state index in [1.807, 2.05) is 19.1 Å². The summed E-state index contributed by atoms with van der Waals surface area (Å²) in [6.07, 6.45) is 10.0. The van der Waals surface area contributed by atoms with Crippen LogP contribution in [0, 0.1) is 6.92 Å². The van der Waals surface area contributed by atoms with E-state index in [1.54, 1.807) is 17.3 Å². The molecule has 3 aromatic rings. The van der Waals surface area contributed by atoms with Crippen molar-refractivity contribution in [3.8, 4) is 5.88 Å². The molecule has 2 aliphatic heterocycles. The minimum absolute atomic E-state index is 0.0792. The molecule has 0 aromatic carbocycles. The Morgan fingerprint density at radius 3 is 2.83 bits per heavy atom. The monoisotopic (exact) mass is 492 g/mol. The molecule has 2 fully saturated rings. The number of pyridine rings is 2. The molecule has 0 spiro atoms. The van der Waals surface area contributed by atoms with Gasteiger partial charge in [0.05, 0.1) is 28.6 Å². The summed E-state index contributed by atoms with van der Waals surface area (Å²) < 4.78 is 6.04. The second kappa shape index (κ2) is 9.09. The third-order valence-corrected chi connectivity index (χ3v) is 8.07. The fraction of sp³-hybridized carbons (Fsp3) is 0.440. The van der Waals surface area contributed by atoms with Gasteiger partial charge in [0.25, 0.3) is 5.91 Å². The van der Waals surface area contributed by atoms with Crippen LogP contribution in [0.4, 0.5) is 21.9 Å². The molecule has 6 rings (SSSR count). The van der Waals surface area contributed by atoms with Gasteiger partial charge in [-0.1, -0.05) is 0 Å². The van der Waals surface area contributed by atoms with E-state index in [0.717, 1.165) is 49.7 Å². The summed E-state index contributed by atoms with van der Waals surface area (Å²) in [4.78, 5) is 38.3. The van der Waals surface area contributed by atoms with Crippen LogP contribution in [0.3, 0.4) is 0 Å². The lowest BCUT2D eigenvalue weighted by Gasteiger charge is -2.29. The van der Waals surface area contributed by atoms with Gasteiger partial charge in [-0.25, -0.2) is 14.8 Å². The van der Waals surface area contributed by atoms with Crippen LogP contribution in [-0.4, -0.2) is 47.1 Å². The van der Waals surface area contributed by atoms with Crippen molar-refractivity contribution in [2.75, 3.05) is 23.3 Å². The number of nitrogens with zero attached hydrogens (tertiary/aromatic N) is 3. The average molecular weight is 493 g/mol. The molecule has 1 aliphatic carbocycles. The van der Waals surface area contributed by atoms with Crippen molar-refractivity contribution in [1.82, 2.24) is 20.6 Å². The van der Waals surface area contributed by atoms with Gasteiger partial charge in [-0.3, -0.25) is 9.69 Å². The molecule has 0 radical (unpaired) electrons. The van der Waals surface area contributed by atoms with Crippen LogP contribution in [0.2, 0.25) is 0 Å². The van der Waals surface area contributed by atoms with Crippen LogP contribution in [0.5, 0.6) is 5.88 Å². The molecule has 3 aromatic heterocycles. The Kier molecular flexibility index (Phi) is 5.77. The van der Waals surface area contributed by atoms with Crippen molar-refractivity contribution >= 4 is 50.6 Å². The maximum atomic E-state index is 13.4. The molecule has 3 amide bonds.